The molecule has 14 heavy (non-hydrogen) atoms. The fourth-order valence-corrected chi connectivity index (χ4v) is 1.68. The molecule has 0 bridgehead atoms. The molecule has 1 rings (SSSR count). The number of carbonyl (C=O) groups is 1. The van der Waals surface area contributed by atoms with Crippen LogP contribution in [0.2, 0.25) is 0 Å². The monoisotopic (exact) mass is 201 g/mol. The fraction of sp³-hybridized carbons (Fsp3) is 0.900. The van der Waals surface area contributed by atoms with Crippen LogP contribution in [0.5, 0.6) is 0 Å². The second-order valence-electron chi connectivity index (χ2n) is 3.55. The maximum atomic E-state index is 10.7. The lowest BCUT2D eigenvalue weighted by atomic mass is 9.98. The van der Waals surface area contributed by atoms with Gasteiger partial charge in [-0.1, -0.05) is 19.3 Å². The normalized spacial score (nSPS) is 17.8. The SMILES string of the molecule is COC(=O)NCCOC1CCCCC1. The number of rotatable bonds is 4. The van der Waals surface area contributed by atoms with Crippen LogP contribution in [0.15, 0.2) is 0 Å². The van der Waals surface area contributed by atoms with Gasteiger partial charge in [0.15, 0.2) is 0 Å². The van der Waals surface area contributed by atoms with Gasteiger partial charge in [-0.25, -0.2) is 4.79 Å². The second kappa shape index (κ2) is 6.65. The number of nitrogens with one attached hydrogen (secondary N) is 1. The Bertz CT molecular complexity index is 167. The van der Waals surface area contributed by atoms with Crippen LogP contribution in [0.25, 0.3) is 0 Å². The average Bonchev–Trinajstić information content (AvgIpc) is 2.25. The highest BCUT2D eigenvalue weighted by atomic mass is 16.5. The van der Waals surface area contributed by atoms with Gasteiger partial charge in [-0.05, 0) is 12.8 Å². The number of carbonyl (C=O) groups excluding carboxylic acids is 1. The minimum absolute atomic E-state index is 0.391. The molecule has 0 aliphatic heterocycles. The summed E-state index contributed by atoms with van der Waals surface area (Å²) in [6, 6.07) is 0. The second-order valence-corrected chi connectivity index (χ2v) is 3.55. The molecule has 1 amide bonds. The summed E-state index contributed by atoms with van der Waals surface area (Å²) in [6.45, 7) is 1.11. The van der Waals surface area contributed by atoms with Crippen LogP contribution in [-0.4, -0.2) is 32.5 Å². The first-order chi connectivity index (χ1) is 6.83. The van der Waals surface area contributed by atoms with Crippen molar-refractivity contribution in [1.29, 1.82) is 0 Å². The zero-order chi connectivity index (χ0) is 10.2. The summed E-state index contributed by atoms with van der Waals surface area (Å²) >= 11 is 0. The van der Waals surface area contributed by atoms with E-state index in [1.54, 1.807) is 0 Å². The Kier molecular flexibility index (Phi) is 5.37. The quantitative estimate of drug-likeness (QED) is 0.704. The third-order valence-corrected chi connectivity index (χ3v) is 2.46. The van der Waals surface area contributed by atoms with Gasteiger partial charge >= 0.3 is 6.09 Å². The predicted molar refractivity (Wildman–Crippen MR) is 53.2 cm³/mol. The third-order valence-electron chi connectivity index (χ3n) is 2.46. The highest BCUT2D eigenvalue weighted by Crippen LogP contribution is 2.19. The summed E-state index contributed by atoms with van der Waals surface area (Å²) in [5, 5.41) is 2.59. The van der Waals surface area contributed by atoms with Crippen LogP contribution in [0.4, 0.5) is 4.79 Å². The lowest BCUT2D eigenvalue weighted by Gasteiger charge is -2.21. The summed E-state index contributed by atoms with van der Waals surface area (Å²) in [5.74, 6) is 0. The molecular formula is C10H19NO3. The molecule has 0 atom stereocenters. The Balaban J connectivity index is 1.94. The molecule has 0 aromatic carbocycles. The first kappa shape index (κ1) is 11.3. The van der Waals surface area contributed by atoms with E-state index in [-0.39, 0.29) is 0 Å². The van der Waals surface area contributed by atoms with Gasteiger partial charge < -0.3 is 14.8 Å². The van der Waals surface area contributed by atoms with Crippen LogP contribution < -0.4 is 5.32 Å². The van der Waals surface area contributed by atoms with Crippen molar-refractivity contribution in [3.8, 4) is 0 Å². The standard InChI is InChI=1S/C10H19NO3/c1-13-10(12)11-7-8-14-9-5-3-2-4-6-9/h9H,2-8H2,1H3,(H,11,12). The molecule has 1 aliphatic rings. The van der Waals surface area contributed by atoms with E-state index in [0.29, 0.717) is 19.3 Å². The summed E-state index contributed by atoms with van der Waals surface area (Å²) in [5.41, 5.74) is 0. The van der Waals surface area contributed by atoms with E-state index in [0.717, 1.165) is 12.8 Å². The first-order valence-electron chi connectivity index (χ1n) is 5.26. The Labute approximate surface area is 85.0 Å². The Morgan fingerprint density at radius 1 is 1.36 bits per heavy atom. The molecule has 1 saturated carbocycles. The smallest absolute Gasteiger partial charge is 0.406 e. The molecule has 1 N–H and O–H groups in total. The number of hydrogen-bond acceptors (Lipinski definition) is 3. The molecule has 0 aromatic rings. The molecule has 0 heterocycles. The van der Waals surface area contributed by atoms with Crippen molar-refractivity contribution in [2.75, 3.05) is 20.3 Å². The summed E-state index contributed by atoms with van der Waals surface area (Å²) in [7, 11) is 1.36. The van der Waals surface area contributed by atoms with E-state index in [4.69, 9.17) is 4.74 Å². The maximum Gasteiger partial charge on any atom is 0.406 e. The minimum atomic E-state index is -0.391. The highest BCUT2D eigenvalue weighted by Gasteiger charge is 2.13. The van der Waals surface area contributed by atoms with Gasteiger partial charge in [-0.15, -0.1) is 0 Å². The maximum absolute atomic E-state index is 10.7. The lowest BCUT2D eigenvalue weighted by Crippen LogP contribution is -2.29. The zero-order valence-electron chi connectivity index (χ0n) is 8.75. The Morgan fingerprint density at radius 2 is 2.07 bits per heavy atom. The average molecular weight is 201 g/mol. The molecule has 0 saturated heterocycles. The van der Waals surface area contributed by atoms with E-state index in [9.17, 15) is 4.79 Å². The van der Waals surface area contributed by atoms with Crippen molar-refractivity contribution < 1.29 is 14.3 Å². The number of amides is 1. The van der Waals surface area contributed by atoms with Crippen LogP contribution in [0.3, 0.4) is 0 Å². The van der Waals surface area contributed by atoms with Crippen molar-refractivity contribution in [1.82, 2.24) is 5.32 Å². The van der Waals surface area contributed by atoms with Crippen molar-refractivity contribution >= 4 is 6.09 Å². The van der Waals surface area contributed by atoms with Crippen molar-refractivity contribution in [2.45, 2.75) is 38.2 Å². The van der Waals surface area contributed by atoms with Crippen molar-refractivity contribution in [2.24, 2.45) is 0 Å². The molecule has 1 aliphatic carbocycles. The molecule has 0 aromatic heterocycles. The minimum Gasteiger partial charge on any atom is -0.453 e. The number of methoxy groups -OCH3 is 1. The van der Waals surface area contributed by atoms with Gasteiger partial charge in [-0.2, -0.15) is 0 Å². The summed E-state index contributed by atoms with van der Waals surface area (Å²) in [6.07, 6.45) is 6.22. The van der Waals surface area contributed by atoms with Gasteiger partial charge in [0.25, 0.3) is 0 Å². The number of ether oxygens (including phenoxy) is 2. The summed E-state index contributed by atoms with van der Waals surface area (Å²) < 4.78 is 10.0. The molecule has 0 unspecified atom stereocenters. The predicted octanol–water partition coefficient (Wildman–Crippen LogP) is 1.69. The zero-order valence-corrected chi connectivity index (χ0v) is 8.75. The van der Waals surface area contributed by atoms with Crippen molar-refractivity contribution in [3.63, 3.8) is 0 Å². The van der Waals surface area contributed by atoms with E-state index in [1.807, 2.05) is 0 Å². The number of alkyl carbamates (subject to hydrolysis) is 1. The van der Waals surface area contributed by atoms with E-state index in [2.05, 4.69) is 10.1 Å². The first-order valence-corrected chi connectivity index (χ1v) is 5.26. The van der Waals surface area contributed by atoms with Gasteiger partial charge in [0.1, 0.15) is 0 Å². The Morgan fingerprint density at radius 3 is 2.71 bits per heavy atom. The summed E-state index contributed by atoms with van der Waals surface area (Å²) in [4.78, 5) is 10.7. The molecule has 0 radical (unpaired) electrons. The van der Waals surface area contributed by atoms with Crippen LogP contribution in [0.1, 0.15) is 32.1 Å². The topological polar surface area (TPSA) is 47.6 Å². The molecule has 0 spiro atoms. The lowest BCUT2D eigenvalue weighted by molar-refractivity contribution is 0.0301. The van der Waals surface area contributed by atoms with E-state index < -0.39 is 6.09 Å². The van der Waals surface area contributed by atoms with Crippen LogP contribution in [-0.2, 0) is 9.47 Å². The fourth-order valence-electron chi connectivity index (χ4n) is 1.68. The van der Waals surface area contributed by atoms with Crippen LogP contribution in [0, 0.1) is 0 Å². The van der Waals surface area contributed by atoms with Crippen LogP contribution >= 0.6 is 0 Å². The van der Waals surface area contributed by atoms with Crippen molar-refractivity contribution in [3.05, 3.63) is 0 Å². The highest BCUT2D eigenvalue weighted by molar-refractivity contribution is 5.66. The van der Waals surface area contributed by atoms with Gasteiger partial charge in [-0.3, -0.25) is 0 Å². The molecule has 1 fully saturated rings. The molecular weight excluding hydrogens is 182 g/mol. The van der Waals surface area contributed by atoms with E-state index >= 15 is 0 Å². The van der Waals surface area contributed by atoms with Gasteiger partial charge in [0, 0.05) is 6.54 Å². The van der Waals surface area contributed by atoms with Gasteiger partial charge in [0.2, 0.25) is 0 Å². The molecule has 82 valence electrons. The largest absolute Gasteiger partial charge is 0.453 e. The molecule has 4 heteroatoms. The number of hydrogen-bond donors (Lipinski definition) is 1. The third kappa shape index (κ3) is 4.46. The van der Waals surface area contributed by atoms with E-state index in [1.165, 1.54) is 26.4 Å². The Hall–Kier alpha value is -0.770. The van der Waals surface area contributed by atoms with Gasteiger partial charge in [0.05, 0.1) is 19.8 Å². The molecule has 4 nitrogen and oxygen atoms in total.